The third kappa shape index (κ3) is 2.38. The molecule has 0 radical (unpaired) electrons. The predicted octanol–water partition coefficient (Wildman–Crippen LogP) is 4.09. The Labute approximate surface area is 124 Å². The van der Waals surface area contributed by atoms with Gasteiger partial charge in [0.1, 0.15) is 11.2 Å². The van der Waals surface area contributed by atoms with Crippen molar-refractivity contribution in [3.05, 3.63) is 42.5 Å². The Balaban J connectivity index is 1.68. The Bertz CT molecular complexity index is 777. The van der Waals surface area contributed by atoms with Crippen LogP contribution in [0.1, 0.15) is 12.8 Å². The fourth-order valence-corrected chi connectivity index (χ4v) is 3.34. The number of nitrogens with zero attached hydrogens (tertiary/aromatic N) is 1. The van der Waals surface area contributed by atoms with E-state index in [4.69, 9.17) is 4.42 Å². The number of rotatable bonds is 2. The molecule has 1 aliphatic heterocycles. The molecule has 21 heavy (non-hydrogen) atoms. The van der Waals surface area contributed by atoms with Crippen LogP contribution >= 0.6 is 0 Å². The number of fused-ring (bicyclic) bond motifs is 3. The minimum atomic E-state index is 0.541. The van der Waals surface area contributed by atoms with E-state index in [1.54, 1.807) is 0 Å². The number of piperidine rings is 1. The summed E-state index contributed by atoms with van der Waals surface area (Å²) in [6.45, 7) is 2.33. The normalized spacial score (nSPS) is 20.1. The predicted molar refractivity (Wildman–Crippen MR) is 87.9 cm³/mol. The molecule has 3 nitrogen and oxygen atoms in total. The van der Waals surface area contributed by atoms with E-state index in [0.717, 1.165) is 17.7 Å². The van der Waals surface area contributed by atoms with Gasteiger partial charge in [-0.2, -0.15) is 0 Å². The first kappa shape index (κ1) is 12.7. The molecule has 1 N–H and O–H groups in total. The molecule has 0 spiro atoms. The molecule has 2 heterocycles. The molecule has 0 amide bonds. The summed E-state index contributed by atoms with van der Waals surface area (Å²) in [6.07, 6.45) is 2.51. The van der Waals surface area contributed by atoms with Crippen molar-refractivity contribution >= 4 is 27.6 Å². The number of likely N-dealkylation sites (N-methyl/N-ethyl adjacent to an activating group) is 1. The smallest absolute Gasteiger partial charge is 0.135 e. The summed E-state index contributed by atoms with van der Waals surface area (Å²) in [7, 11) is 2.20. The van der Waals surface area contributed by atoms with Crippen molar-refractivity contribution < 1.29 is 4.42 Å². The maximum atomic E-state index is 5.88. The van der Waals surface area contributed by atoms with Crippen molar-refractivity contribution in [2.45, 2.75) is 18.9 Å². The van der Waals surface area contributed by atoms with Crippen LogP contribution in [-0.4, -0.2) is 31.1 Å². The third-order valence-corrected chi connectivity index (χ3v) is 4.37. The highest BCUT2D eigenvalue weighted by Crippen LogP contribution is 2.30. The highest BCUT2D eigenvalue weighted by atomic mass is 16.3. The summed E-state index contributed by atoms with van der Waals surface area (Å²) in [5, 5.41) is 6.06. The van der Waals surface area contributed by atoms with Gasteiger partial charge in [-0.3, -0.25) is 0 Å². The van der Waals surface area contributed by atoms with Crippen LogP contribution in [0.15, 0.2) is 46.9 Å². The van der Waals surface area contributed by atoms with Gasteiger partial charge in [0.15, 0.2) is 0 Å². The largest absolute Gasteiger partial charge is 0.456 e. The van der Waals surface area contributed by atoms with E-state index >= 15 is 0 Å². The minimum absolute atomic E-state index is 0.541. The van der Waals surface area contributed by atoms with Crippen LogP contribution in [0.4, 0.5) is 5.69 Å². The van der Waals surface area contributed by atoms with Crippen molar-refractivity contribution in [2.75, 3.05) is 25.5 Å². The van der Waals surface area contributed by atoms with Gasteiger partial charge < -0.3 is 14.6 Å². The van der Waals surface area contributed by atoms with Crippen LogP contribution in [0.5, 0.6) is 0 Å². The number of para-hydroxylation sites is 1. The van der Waals surface area contributed by atoms with Crippen LogP contribution in [0.2, 0.25) is 0 Å². The van der Waals surface area contributed by atoms with Gasteiger partial charge in [0.25, 0.3) is 0 Å². The Kier molecular flexibility index (Phi) is 3.08. The van der Waals surface area contributed by atoms with E-state index in [1.807, 2.05) is 12.1 Å². The Morgan fingerprint density at radius 3 is 2.86 bits per heavy atom. The Morgan fingerprint density at radius 1 is 1.10 bits per heavy atom. The molecular formula is C18H20N2O. The summed E-state index contributed by atoms with van der Waals surface area (Å²) in [5.74, 6) is 0. The van der Waals surface area contributed by atoms with Crippen molar-refractivity contribution in [1.82, 2.24) is 4.90 Å². The number of hydrogen-bond donors (Lipinski definition) is 1. The number of nitrogens with one attached hydrogen (secondary N) is 1. The van der Waals surface area contributed by atoms with Crippen molar-refractivity contribution in [2.24, 2.45) is 0 Å². The van der Waals surface area contributed by atoms with E-state index < -0.39 is 0 Å². The lowest BCUT2D eigenvalue weighted by Crippen LogP contribution is -2.39. The van der Waals surface area contributed by atoms with Gasteiger partial charge in [0.05, 0.1) is 0 Å². The molecule has 1 saturated heterocycles. The van der Waals surface area contributed by atoms with Gasteiger partial charge in [-0.1, -0.05) is 18.2 Å². The van der Waals surface area contributed by atoms with Gasteiger partial charge in [-0.15, -0.1) is 0 Å². The van der Waals surface area contributed by atoms with Crippen LogP contribution in [-0.2, 0) is 0 Å². The average Bonchev–Trinajstić information content (AvgIpc) is 2.85. The molecule has 1 fully saturated rings. The van der Waals surface area contributed by atoms with Crippen molar-refractivity contribution in [3.63, 3.8) is 0 Å². The molecule has 1 unspecified atom stereocenters. The quantitative estimate of drug-likeness (QED) is 0.766. The van der Waals surface area contributed by atoms with E-state index in [-0.39, 0.29) is 0 Å². The second-order valence-corrected chi connectivity index (χ2v) is 6.05. The zero-order chi connectivity index (χ0) is 14.2. The summed E-state index contributed by atoms with van der Waals surface area (Å²) >= 11 is 0. The number of benzene rings is 2. The topological polar surface area (TPSA) is 28.4 Å². The molecule has 1 aliphatic rings. The molecule has 108 valence electrons. The fraction of sp³-hybridized carbons (Fsp3) is 0.333. The molecule has 3 aromatic rings. The van der Waals surface area contributed by atoms with Crippen LogP contribution < -0.4 is 5.32 Å². The second-order valence-electron chi connectivity index (χ2n) is 6.05. The monoisotopic (exact) mass is 280 g/mol. The van der Waals surface area contributed by atoms with Gasteiger partial charge in [0.2, 0.25) is 0 Å². The first-order valence-electron chi connectivity index (χ1n) is 7.66. The second kappa shape index (κ2) is 5.08. The Morgan fingerprint density at radius 2 is 1.95 bits per heavy atom. The molecule has 4 rings (SSSR count). The maximum Gasteiger partial charge on any atom is 0.135 e. The van der Waals surface area contributed by atoms with Crippen LogP contribution in [0.3, 0.4) is 0 Å². The van der Waals surface area contributed by atoms with Crippen molar-refractivity contribution in [1.29, 1.82) is 0 Å². The third-order valence-electron chi connectivity index (χ3n) is 4.37. The lowest BCUT2D eigenvalue weighted by atomic mass is 10.1. The highest BCUT2D eigenvalue weighted by molar-refractivity contribution is 6.05. The number of likely N-dealkylation sites (tertiary alicyclic amines) is 1. The molecule has 3 heteroatoms. The maximum absolute atomic E-state index is 5.88. The first-order chi connectivity index (χ1) is 10.3. The first-order valence-corrected chi connectivity index (χ1v) is 7.66. The molecule has 0 saturated carbocycles. The molecule has 1 aromatic heterocycles. The molecule has 0 bridgehead atoms. The highest BCUT2D eigenvalue weighted by Gasteiger charge is 2.17. The van der Waals surface area contributed by atoms with Crippen LogP contribution in [0.25, 0.3) is 21.9 Å². The minimum Gasteiger partial charge on any atom is -0.456 e. The summed E-state index contributed by atoms with van der Waals surface area (Å²) in [4.78, 5) is 2.40. The molecule has 0 aliphatic carbocycles. The fourth-order valence-electron chi connectivity index (χ4n) is 3.34. The van der Waals surface area contributed by atoms with E-state index in [2.05, 4.69) is 47.6 Å². The molecule has 1 atom stereocenters. The SMILES string of the molecule is CN1CCCC(Nc2ccc3oc4ccccc4c3c2)C1. The van der Waals surface area contributed by atoms with Gasteiger partial charge >= 0.3 is 0 Å². The van der Waals surface area contributed by atoms with E-state index in [0.29, 0.717) is 6.04 Å². The lowest BCUT2D eigenvalue weighted by molar-refractivity contribution is 0.261. The van der Waals surface area contributed by atoms with Gasteiger partial charge in [0, 0.05) is 29.0 Å². The molecular weight excluding hydrogens is 260 g/mol. The van der Waals surface area contributed by atoms with Gasteiger partial charge in [-0.05, 0) is 50.7 Å². The zero-order valence-corrected chi connectivity index (χ0v) is 12.3. The zero-order valence-electron chi connectivity index (χ0n) is 12.3. The number of furan rings is 1. The van der Waals surface area contributed by atoms with Crippen molar-refractivity contribution in [3.8, 4) is 0 Å². The average molecular weight is 280 g/mol. The standard InChI is InChI=1S/C18H20N2O/c1-20-10-4-5-14(12-20)19-13-8-9-18-16(11-13)15-6-2-3-7-17(15)21-18/h2-3,6-9,11,14,19H,4-5,10,12H2,1H3. The summed E-state index contributed by atoms with van der Waals surface area (Å²) in [5.41, 5.74) is 3.11. The summed E-state index contributed by atoms with van der Waals surface area (Å²) in [6, 6.07) is 15.2. The van der Waals surface area contributed by atoms with E-state index in [9.17, 15) is 0 Å². The van der Waals surface area contributed by atoms with Gasteiger partial charge in [-0.25, -0.2) is 0 Å². The number of hydrogen-bond acceptors (Lipinski definition) is 3. The van der Waals surface area contributed by atoms with E-state index in [1.165, 1.54) is 35.8 Å². The number of anilines is 1. The summed E-state index contributed by atoms with van der Waals surface area (Å²) < 4.78 is 5.88. The Hall–Kier alpha value is -2.00. The van der Waals surface area contributed by atoms with Crippen LogP contribution in [0, 0.1) is 0 Å². The molecule has 2 aromatic carbocycles. The lowest BCUT2D eigenvalue weighted by Gasteiger charge is -2.30.